The van der Waals surface area contributed by atoms with Gasteiger partial charge in [-0.1, -0.05) is 30.3 Å². The van der Waals surface area contributed by atoms with E-state index in [4.69, 9.17) is 0 Å². The van der Waals surface area contributed by atoms with Crippen molar-refractivity contribution in [2.75, 3.05) is 0 Å². The van der Waals surface area contributed by atoms with Crippen molar-refractivity contribution in [1.82, 2.24) is 0 Å². The highest BCUT2D eigenvalue weighted by atomic mass is 16.1. The molecule has 1 aromatic carbocycles. The highest BCUT2D eigenvalue weighted by Crippen LogP contribution is 2.41. The molecule has 2 aliphatic rings. The van der Waals surface area contributed by atoms with Gasteiger partial charge in [-0.25, -0.2) is 0 Å². The smallest absolute Gasteiger partial charge is 0.159 e. The maximum atomic E-state index is 11.8. The minimum absolute atomic E-state index is 0.255. The number of hydrogen-bond donors (Lipinski definition) is 0. The molecule has 0 bridgehead atoms. The van der Waals surface area contributed by atoms with Gasteiger partial charge in [0.05, 0.1) is 0 Å². The van der Waals surface area contributed by atoms with Gasteiger partial charge < -0.3 is 0 Å². The van der Waals surface area contributed by atoms with Crippen LogP contribution in [0.25, 0.3) is 0 Å². The Hall–Kier alpha value is -1.37. The third kappa shape index (κ3) is 1.34. The number of allylic oxidation sites excluding steroid dienone is 2. The Bertz CT molecular complexity index is 431. The van der Waals surface area contributed by atoms with Gasteiger partial charge in [-0.2, -0.15) is 0 Å². The van der Waals surface area contributed by atoms with Crippen LogP contribution in [0.2, 0.25) is 0 Å². The Morgan fingerprint density at radius 2 is 2.00 bits per heavy atom. The van der Waals surface area contributed by atoms with Gasteiger partial charge in [0.25, 0.3) is 0 Å². The normalized spacial score (nSPS) is 28.4. The fraction of sp³-hybridized carbons (Fsp3) is 0.357. The van der Waals surface area contributed by atoms with Crippen LogP contribution in [-0.2, 0) is 11.2 Å². The molecule has 0 radical (unpaired) electrons. The summed E-state index contributed by atoms with van der Waals surface area (Å²) in [4.78, 5) is 11.8. The summed E-state index contributed by atoms with van der Waals surface area (Å²) in [7, 11) is 0. The molecule has 1 nitrogen and oxygen atoms in total. The fourth-order valence-corrected chi connectivity index (χ4v) is 2.94. The molecular weight excluding hydrogens is 184 g/mol. The average molecular weight is 198 g/mol. The van der Waals surface area contributed by atoms with Gasteiger partial charge in [0, 0.05) is 5.92 Å². The summed E-state index contributed by atoms with van der Waals surface area (Å²) in [6.45, 7) is 0. The van der Waals surface area contributed by atoms with E-state index in [0.29, 0.717) is 11.7 Å². The zero-order valence-electron chi connectivity index (χ0n) is 8.65. The average Bonchev–Trinajstić information content (AvgIpc) is 2.29. The van der Waals surface area contributed by atoms with Crippen molar-refractivity contribution in [3.63, 3.8) is 0 Å². The van der Waals surface area contributed by atoms with Crippen LogP contribution in [0.4, 0.5) is 0 Å². The van der Waals surface area contributed by atoms with Gasteiger partial charge in [-0.15, -0.1) is 0 Å². The quantitative estimate of drug-likeness (QED) is 0.626. The highest BCUT2D eigenvalue weighted by Gasteiger charge is 2.34. The Balaban J connectivity index is 2.07. The summed E-state index contributed by atoms with van der Waals surface area (Å²) < 4.78 is 0. The first kappa shape index (κ1) is 8.90. The zero-order chi connectivity index (χ0) is 10.3. The number of aryl methyl sites for hydroxylation is 1. The number of benzene rings is 1. The molecule has 0 spiro atoms. The van der Waals surface area contributed by atoms with Gasteiger partial charge in [0.15, 0.2) is 5.78 Å². The van der Waals surface area contributed by atoms with E-state index in [1.54, 1.807) is 6.08 Å². The number of carbonyl (C=O) groups excluding carboxylic acids is 1. The lowest BCUT2D eigenvalue weighted by Crippen LogP contribution is -2.28. The Morgan fingerprint density at radius 1 is 1.13 bits per heavy atom. The van der Waals surface area contributed by atoms with Crippen molar-refractivity contribution in [2.24, 2.45) is 5.92 Å². The monoisotopic (exact) mass is 198 g/mol. The van der Waals surface area contributed by atoms with E-state index < -0.39 is 0 Å². The molecule has 0 unspecified atom stereocenters. The maximum absolute atomic E-state index is 11.8. The standard InChI is InChI=1S/C14H14O/c15-14-7-3-6-12-11-5-2-1-4-10(11)8-9-13(12)14/h1-5,7,12-13H,6,8-9H2/t12-,13+/m0/s1. The van der Waals surface area contributed by atoms with Crippen LogP contribution >= 0.6 is 0 Å². The number of rotatable bonds is 0. The minimum atomic E-state index is 0.255. The van der Waals surface area contributed by atoms with Crippen LogP contribution in [0.3, 0.4) is 0 Å². The van der Waals surface area contributed by atoms with Crippen LogP contribution in [0.5, 0.6) is 0 Å². The van der Waals surface area contributed by atoms with Gasteiger partial charge >= 0.3 is 0 Å². The molecule has 0 aliphatic heterocycles. The zero-order valence-corrected chi connectivity index (χ0v) is 8.65. The molecule has 0 saturated carbocycles. The second-order valence-electron chi connectivity index (χ2n) is 4.49. The van der Waals surface area contributed by atoms with Crippen LogP contribution in [0, 0.1) is 5.92 Å². The molecule has 15 heavy (non-hydrogen) atoms. The molecule has 0 heterocycles. The molecule has 76 valence electrons. The van der Waals surface area contributed by atoms with E-state index in [-0.39, 0.29) is 5.92 Å². The second kappa shape index (κ2) is 3.34. The van der Waals surface area contributed by atoms with Gasteiger partial charge in [0.2, 0.25) is 0 Å². The lowest BCUT2D eigenvalue weighted by Gasteiger charge is -2.33. The summed E-state index contributed by atoms with van der Waals surface area (Å²) >= 11 is 0. The van der Waals surface area contributed by atoms with Gasteiger partial charge in [0.1, 0.15) is 0 Å². The first-order chi connectivity index (χ1) is 7.36. The molecule has 0 aromatic heterocycles. The van der Waals surface area contributed by atoms with Crippen molar-refractivity contribution in [1.29, 1.82) is 0 Å². The van der Waals surface area contributed by atoms with E-state index in [0.717, 1.165) is 19.3 Å². The first-order valence-corrected chi connectivity index (χ1v) is 5.64. The third-order valence-corrected chi connectivity index (χ3v) is 3.70. The molecule has 0 fully saturated rings. The van der Waals surface area contributed by atoms with Crippen molar-refractivity contribution in [2.45, 2.75) is 25.2 Å². The number of ketones is 1. The third-order valence-electron chi connectivity index (χ3n) is 3.70. The number of fused-ring (bicyclic) bond motifs is 3. The van der Waals surface area contributed by atoms with E-state index in [1.165, 1.54) is 11.1 Å². The maximum Gasteiger partial charge on any atom is 0.159 e. The largest absolute Gasteiger partial charge is 0.295 e. The van der Waals surface area contributed by atoms with E-state index in [9.17, 15) is 4.79 Å². The molecule has 0 amide bonds. The Morgan fingerprint density at radius 3 is 2.93 bits per heavy atom. The number of carbonyl (C=O) groups is 1. The fourth-order valence-electron chi connectivity index (χ4n) is 2.94. The Labute approximate surface area is 89.8 Å². The predicted octanol–water partition coefficient (Wildman–Crippen LogP) is 2.86. The molecule has 2 atom stereocenters. The van der Waals surface area contributed by atoms with Crippen LogP contribution in [0.15, 0.2) is 36.4 Å². The summed E-state index contributed by atoms with van der Waals surface area (Å²) in [5.74, 6) is 1.04. The first-order valence-electron chi connectivity index (χ1n) is 5.64. The van der Waals surface area contributed by atoms with Crippen LogP contribution in [0.1, 0.15) is 29.9 Å². The summed E-state index contributed by atoms with van der Waals surface area (Å²) in [6, 6.07) is 8.58. The lowest BCUT2D eigenvalue weighted by molar-refractivity contribution is -0.119. The molecule has 0 saturated heterocycles. The van der Waals surface area contributed by atoms with E-state index in [1.807, 2.05) is 6.08 Å². The molecular formula is C14H14O. The van der Waals surface area contributed by atoms with Crippen molar-refractivity contribution in [3.8, 4) is 0 Å². The Kier molecular flexibility index (Phi) is 1.98. The van der Waals surface area contributed by atoms with E-state index in [2.05, 4.69) is 24.3 Å². The second-order valence-corrected chi connectivity index (χ2v) is 4.49. The van der Waals surface area contributed by atoms with Gasteiger partial charge in [-0.05, 0) is 42.4 Å². The molecule has 1 heteroatoms. The van der Waals surface area contributed by atoms with Gasteiger partial charge in [-0.3, -0.25) is 4.79 Å². The molecule has 1 aromatic rings. The SMILES string of the molecule is O=C1C=CC[C@H]2c3ccccc3CC[C@@H]12. The summed E-state index contributed by atoms with van der Waals surface area (Å²) in [5, 5.41) is 0. The van der Waals surface area contributed by atoms with E-state index >= 15 is 0 Å². The highest BCUT2D eigenvalue weighted by molar-refractivity contribution is 5.93. The lowest BCUT2D eigenvalue weighted by atomic mass is 9.70. The minimum Gasteiger partial charge on any atom is -0.295 e. The van der Waals surface area contributed by atoms with Crippen molar-refractivity contribution >= 4 is 5.78 Å². The number of hydrogen-bond acceptors (Lipinski definition) is 1. The molecule has 2 aliphatic carbocycles. The van der Waals surface area contributed by atoms with Crippen LogP contribution < -0.4 is 0 Å². The molecule has 0 N–H and O–H groups in total. The topological polar surface area (TPSA) is 17.1 Å². The van der Waals surface area contributed by atoms with Crippen molar-refractivity contribution in [3.05, 3.63) is 47.5 Å². The summed E-state index contributed by atoms with van der Waals surface area (Å²) in [6.07, 6.45) is 6.94. The van der Waals surface area contributed by atoms with Crippen LogP contribution in [-0.4, -0.2) is 5.78 Å². The molecule has 3 rings (SSSR count). The predicted molar refractivity (Wildman–Crippen MR) is 59.8 cm³/mol. The summed E-state index contributed by atoms with van der Waals surface area (Å²) in [5.41, 5.74) is 2.85. The van der Waals surface area contributed by atoms with Crippen molar-refractivity contribution < 1.29 is 4.79 Å².